The number of aromatic amines is 1. The summed E-state index contributed by atoms with van der Waals surface area (Å²) in [6, 6.07) is 7.12. The molecule has 3 N–H and O–H groups in total. The Morgan fingerprint density at radius 1 is 1.31 bits per heavy atom. The van der Waals surface area contributed by atoms with Gasteiger partial charge in [-0.1, -0.05) is 17.8 Å². The highest BCUT2D eigenvalue weighted by Crippen LogP contribution is 2.21. The van der Waals surface area contributed by atoms with Crippen LogP contribution in [0.5, 0.6) is 0 Å². The monoisotopic (exact) mass is 417 g/mol. The first-order valence-electron chi connectivity index (χ1n) is 9.69. The number of nitrogens with zero attached hydrogens (tertiary/aromatic N) is 2. The zero-order chi connectivity index (χ0) is 20.2. The number of benzene rings is 1. The predicted molar refractivity (Wildman–Crippen MR) is 108 cm³/mol. The number of anilines is 1. The molecule has 29 heavy (non-hydrogen) atoms. The van der Waals surface area contributed by atoms with Crippen LogP contribution in [-0.2, 0) is 16.1 Å². The molecule has 9 nitrogen and oxygen atoms in total. The SMILES string of the molecule is O=C(CSc1n[nH]c(=O)n1CC1CCCO1)Nc1cccc(C(=O)NC2CC2)c1. The number of nitrogens with one attached hydrogen (secondary N) is 3. The number of thioether (sulfide) groups is 1. The van der Waals surface area contributed by atoms with Gasteiger partial charge in [0.05, 0.1) is 18.4 Å². The van der Waals surface area contributed by atoms with Crippen LogP contribution < -0.4 is 16.3 Å². The highest BCUT2D eigenvalue weighted by Gasteiger charge is 2.24. The van der Waals surface area contributed by atoms with Crippen molar-refractivity contribution in [2.24, 2.45) is 0 Å². The maximum atomic E-state index is 12.3. The van der Waals surface area contributed by atoms with Gasteiger partial charge in [-0.2, -0.15) is 0 Å². The molecule has 2 amide bonds. The van der Waals surface area contributed by atoms with Gasteiger partial charge in [0.25, 0.3) is 5.91 Å². The molecule has 1 unspecified atom stereocenters. The number of ether oxygens (including phenoxy) is 1. The van der Waals surface area contributed by atoms with Gasteiger partial charge in [0, 0.05) is 23.9 Å². The van der Waals surface area contributed by atoms with E-state index in [9.17, 15) is 14.4 Å². The molecule has 10 heteroatoms. The maximum Gasteiger partial charge on any atom is 0.344 e. The van der Waals surface area contributed by atoms with Gasteiger partial charge in [-0.3, -0.25) is 14.2 Å². The van der Waals surface area contributed by atoms with Crippen molar-refractivity contribution in [3.05, 3.63) is 40.3 Å². The lowest BCUT2D eigenvalue weighted by Crippen LogP contribution is -2.25. The summed E-state index contributed by atoms with van der Waals surface area (Å²) < 4.78 is 7.09. The summed E-state index contributed by atoms with van der Waals surface area (Å²) in [6.45, 7) is 1.14. The molecule has 1 aromatic heterocycles. The average molecular weight is 417 g/mol. The normalized spacial score (nSPS) is 18.6. The topological polar surface area (TPSA) is 118 Å². The third-order valence-electron chi connectivity index (χ3n) is 4.79. The van der Waals surface area contributed by atoms with Crippen LogP contribution >= 0.6 is 11.8 Å². The van der Waals surface area contributed by atoms with E-state index >= 15 is 0 Å². The molecule has 1 saturated carbocycles. The van der Waals surface area contributed by atoms with Crippen LogP contribution in [-0.4, -0.2) is 51.1 Å². The van der Waals surface area contributed by atoms with Gasteiger partial charge in [0.1, 0.15) is 0 Å². The van der Waals surface area contributed by atoms with E-state index in [1.165, 1.54) is 16.3 Å². The lowest BCUT2D eigenvalue weighted by Gasteiger charge is -2.11. The second-order valence-corrected chi connectivity index (χ2v) is 8.16. The van der Waals surface area contributed by atoms with Crippen LogP contribution in [0.15, 0.2) is 34.2 Å². The molecular formula is C19H23N5O4S. The molecule has 4 rings (SSSR count). The Morgan fingerprint density at radius 2 is 2.17 bits per heavy atom. The van der Waals surface area contributed by atoms with Crippen molar-refractivity contribution >= 4 is 29.3 Å². The van der Waals surface area contributed by atoms with E-state index in [0.29, 0.717) is 29.6 Å². The Balaban J connectivity index is 1.32. The van der Waals surface area contributed by atoms with Crippen molar-refractivity contribution in [2.45, 2.75) is 49.5 Å². The number of carbonyl (C=O) groups excluding carboxylic acids is 2. The van der Waals surface area contributed by atoms with Crippen LogP contribution in [0.2, 0.25) is 0 Å². The first-order chi connectivity index (χ1) is 14.1. The van der Waals surface area contributed by atoms with Gasteiger partial charge in [-0.25, -0.2) is 9.89 Å². The van der Waals surface area contributed by atoms with Gasteiger partial charge in [-0.15, -0.1) is 5.10 Å². The molecule has 2 aliphatic rings. The van der Waals surface area contributed by atoms with E-state index in [4.69, 9.17) is 4.74 Å². The van der Waals surface area contributed by atoms with Crippen LogP contribution in [0.25, 0.3) is 0 Å². The predicted octanol–water partition coefficient (Wildman–Crippen LogP) is 1.37. The molecule has 0 bridgehead atoms. The van der Waals surface area contributed by atoms with Crippen molar-refractivity contribution in [3.8, 4) is 0 Å². The van der Waals surface area contributed by atoms with Gasteiger partial charge >= 0.3 is 5.69 Å². The summed E-state index contributed by atoms with van der Waals surface area (Å²) in [7, 11) is 0. The Labute approximate surface area is 171 Å². The van der Waals surface area contributed by atoms with Gasteiger partial charge in [0.15, 0.2) is 5.16 Å². The maximum absolute atomic E-state index is 12.3. The van der Waals surface area contributed by atoms with Crippen molar-refractivity contribution in [2.75, 3.05) is 17.7 Å². The van der Waals surface area contributed by atoms with E-state index in [1.807, 2.05) is 0 Å². The van der Waals surface area contributed by atoms with Gasteiger partial charge < -0.3 is 15.4 Å². The van der Waals surface area contributed by atoms with Crippen molar-refractivity contribution in [1.82, 2.24) is 20.1 Å². The third-order valence-corrected chi connectivity index (χ3v) is 5.76. The molecule has 2 aromatic rings. The fourth-order valence-electron chi connectivity index (χ4n) is 3.13. The number of amides is 2. The van der Waals surface area contributed by atoms with Crippen molar-refractivity contribution in [3.63, 3.8) is 0 Å². The van der Waals surface area contributed by atoms with Crippen LogP contribution in [0, 0.1) is 0 Å². The standard InChI is InChI=1S/C19H23N5O4S/c25-16(20-14-4-1-3-12(9-14)17(26)21-13-6-7-13)11-29-19-23-22-18(27)24(19)10-15-5-2-8-28-15/h1,3-4,9,13,15H,2,5-8,10-11H2,(H,20,25)(H,21,26)(H,22,27). The minimum atomic E-state index is -0.308. The Kier molecular flexibility index (Phi) is 6.00. The Morgan fingerprint density at radius 3 is 2.93 bits per heavy atom. The first kappa shape index (κ1) is 19.7. The molecule has 1 saturated heterocycles. The summed E-state index contributed by atoms with van der Waals surface area (Å²) in [5, 5.41) is 12.6. The molecule has 1 aromatic carbocycles. The van der Waals surface area contributed by atoms with Crippen molar-refractivity contribution in [1.29, 1.82) is 0 Å². The lowest BCUT2D eigenvalue weighted by atomic mass is 10.2. The van der Waals surface area contributed by atoms with E-state index in [-0.39, 0.29) is 35.4 Å². The highest BCUT2D eigenvalue weighted by molar-refractivity contribution is 7.99. The van der Waals surface area contributed by atoms with Crippen molar-refractivity contribution < 1.29 is 14.3 Å². The summed E-state index contributed by atoms with van der Waals surface area (Å²) in [5.41, 5.74) is 0.760. The number of carbonyl (C=O) groups is 2. The van der Waals surface area contributed by atoms with Gasteiger partial charge in [0.2, 0.25) is 5.91 Å². The second-order valence-electron chi connectivity index (χ2n) is 7.22. The van der Waals surface area contributed by atoms with Gasteiger partial charge in [-0.05, 0) is 43.9 Å². The number of H-pyrrole nitrogens is 1. The van der Waals surface area contributed by atoms with E-state index in [0.717, 1.165) is 25.7 Å². The minimum Gasteiger partial charge on any atom is -0.376 e. The summed E-state index contributed by atoms with van der Waals surface area (Å²) in [5.74, 6) is -0.282. The molecular weight excluding hydrogens is 394 g/mol. The largest absolute Gasteiger partial charge is 0.376 e. The van der Waals surface area contributed by atoms with Crippen LogP contribution in [0.3, 0.4) is 0 Å². The lowest BCUT2D eigenvalue weighted by molar-refractivity contribution is -0.113. The summed E-state index contributed by atoms with van der Waals surface area (Å²) in [4.78, 5) is 36.5. The Bertz CT molecular complexity index is 946. The molecule has 1 atom stereocenters. The number of rotatable bonds is 8. The first-order valence-corrected chi connectivity index (χ1v) is 10.7. The zero-order valence-corrected chi connectivity index (χ0v) is 16.7. The minimum absolute atomic E-state index is 0.00278. The molecule has 2 fully saturated rings. The Hall–Kier alpha value is -2.59. The van der Waals surface area contributed by atoms with E-state index in [1.54, 1.807) is 24.3 Å². The fraction of sp³-hybridized carbons (Fsp3) is 0.474. The third kappa shape index (κ3) is 5.27. The van der Waals surface area contributed by atoms with E-state index in [2.05, 4.69) is 20.8 Å². The summed E-state index contributed by atoms with van der Waals surface area (Å²) in [6.07, 6.45) is 3.94. The smallest absolute Gasteiger partial charge is 0.344 e. The molecule has 2 heterocycles. The fourth-order valence-corrected chi connectivity index (χ4v) is 3.88. The summed E-state index contributed by atoms with van der Waals surface area (Å²) >= 11 is 1.18. The number of hydrogen-bond acceptors (Lipinski definition) is 6. The number of aromatic nitrogens is 3. The molecule has 1 aliphatic carbocycles. The molecule has 0 radical (unpaired) electrons. The molecule has 0 spiro atoms. The second kappa shape index (κ2) is 8.83. The highest BCUT2D eigenvalue weighted by atomic mass is 32.2. The molecule has 154 valence electrons. The van der Waals surface area contributed by atoms with Crippen LogP contribution in [0.4, 0.5) is 5.69 Å². The average Bonchev–Trinajstić information content (AvgIpc) is 3.24. The molecule has 1 aliphatic heterocycles. The van der Waals surface area contributed by atoms with Crippen LogP contribution in [0.1, 0.15) is 36.0 Å². The quantitative estimate of drug-likeness (QED) is 0.559. The zero-order valence-electron chi connectivity index (χ0n) is 15.8. The number of hydrogen-bond donors (Lipinski definition) is 3. The van der Waals surface area contributed by atoms with E-state index < -0.39 is 0 Å².